The Morgan fingerprint density at radius 2 is 1.61 bits per heavy atom. The van der Waals surface area contributed by atoms with Crippen LogP contribution < -0.4 is 0 Å². The first-order chi connectivity index (χ1) is 7.24. The predicted molar refractivity (Wildman–Crippen MR) is 75.8 cm³/mol. The number of aryl methyl sites for hydroxylation is 2. The summed E-state index contributed by atoms with van der Waals surface area (Å²) in [5.41, 5.74) is 8.15. The quantitative estimate of drug-likeness (QED) is 0.533. The Balaban J connectivity index is 0.000000963. The van der Waals surface area contributed by atoms with Gasteiger partial charge in [0.05, 0.1) is 0 Å². The largest absolute Gasteiger partial charge is 3.00 e. The van der Waals surface area contributed by atoms with Gasteiger partial charge in [-0.05, 0) is 18.9 Å². The summed E-state index contributed by atoms with van der Waals surface area (Å²) in [5, 5.41) is 0. The maximum Gasteiger partial charge on any atom is 3.00 e. The van der Waals surface area contributed by atoms with Gasteiger partial charge in [-0.2, -0.15) is 23.8 Å². The summed E-state index contributed by atoms with van der Waals surface area (Å²) in [6.45, 7) is 4.26. The molecule has 0 aromatic heterocycles. The third kappa shape index (κ3) is 2.83. The summed E-state index contributed by atoms with van der Waals surface area (Å²) in [6, 6.07) is 14.5. The van der Waals surface area contributed by atoms with E-state index in [1.54, 1.807) is 0 Å². The van der Waals surface area contributed by atoms with Crippen molar-refractivity contribution in [2.75, 3.05) is 0 Å². The number of benzene rings is 2. The maximum atomic E-state index is 3.45. The summed E-state index contributed by atoms with van der Waals surface area (Å²) >= 11 is 0. The van der Waals surface area contributed by atoms with Gasteiger partial charge in [-0.3, -0.25) is 0 Å². The molecule has 1 radical (unpaired) electrons. The molecule has 2 aromatic rings. The van der Waals surface area contributed by atoms with Gasteiger partial charge in [0.15, 0.2) is 0 Å². The van der Waals surface area contributed by atoms with E-state index in [-0.39, 0.29) is 41.1 Å². The third-order valence-corrected chi connectivity index (χ3v) is 3.09. The Labute approximate surface area is 131 Å². The van der Waals surface area contributed by atoms with E-state index in [2.05, 4.69) is 50.2 Å². The van der Waals surface area contributed by atoms with E-state index in [4.69, 9.17) is 0 Å². The predicted octanol–water partition coefficient (Wildman–Crippen LogP) is 4.57. The fraction of sp³-hybridized carbons (Fsp3) is 0.176. The van der Waals surface area contributed by atoms with Gasteiger partial charge in [-0.25, -0.2) is 0 Å². The van der Waals surface area contributed by atoms with Crippen LogP contribution in [0.15, 0.2) is 30.3 Å². The first-order valence-corrected chi connectivity index (χ1v) is 5.36. The van der Waals surface area contributed by atoms with Crippen LogP contribution in [0.25, 0.3) is 11.1 Å². The molecule has 0 bridgehead atoms. The van der Waals surface area contributed by atoms with Crippen LogP contribution in [0.2, 0.25) is 0 Å². The topological polar surface area (TPSA) is 0 Å². The van der Waals surface area contributed by atoms with Crippen molar-refractivity contribution in [3.05, 3.63) is 73.5 Å². The van der Waals surface area contributed by atoms with Crippen LogP contribution in [0.3, 0.4) is 0 Å². The van der Waals surface area contributed by atoms with Crippen LogP contribution in [0.1, 0.15) is 22.3 Å². The van der Waals surface area contributed by atoms with E-state index >= 15 is 0 Å². The molecular formula is C17H19Zr. The van der Waals surface area contributed by atoms with Crippen LogP contribution in [0.4, 0.5) is 0 Å². The number of fused-ring (bicyclic) bond motifs is 3. The molecule has 0 N–H and O–H groups in total. The van der Waals surface area contributed by atoms with Crippen molar-refractivity contribution in [1.82, 2.24) is 0 Å². The zero-order chi connectivity index (χ0) is 10.4. The summed E-state index contributed by atoms with van der Waals surface area (Å²) in [4.78, 5) is 0. The molecular weight excluding hydrogens is 295 g/mol. The van der Waals surface area contributed by atoms with E-state index < -0.39 is 0 Å². The minimum absolute atomic E-state index is 0. The van der Waals surface area contributed by atoms with Crippen LogP contribution in [0.5, 0.6) is 0 Å². The van der Waals surface area contributed by atoms with Gasteiger partial charge in [0.25, 0.3) is 0 Å². The number of hydrogen-bond acceptors (Lipinski definition) is 0. The summed E-state index contributed by atoms with van der Waals surface area (Å²) in [7, 11) is 0. The number of hydrogen-bond donors (Lipinski definition) is 0. The molecule has 91 valence electrons. The Hall–Kier alpha value is -0.677. The van der Waals surface area contributed by atoms with E-state index in [0.717, 1.165) is 6.42 Å². The molecule has 0 amide bonds. The molecule has 2 aromatic carbocycles. The normalized spacial score (nSPS) is 10.3. The Bertz CT molecular complexity index is 492. The fourth-order valence-electron chi connectivity index (χ4n) is 2.37. The van der Waals surface area contributed by atoms with E-state index in [1.807, 2.05) is 0 Å². The van der Waals surface area contributed by atoms with Crippen molar-refractivity contribution in [3.8, 4) is 11.1 Å². The van der Waals surface area contributed by atoms with E-state index in [0.29, 0.717) is 0 Å². The second-order valence-electron chi connectivity index (χ2n) is 4.37. The summed E-state index contributed by atoms with van der Waals surface area (Å²) in [5.74, 6) is 0. The maximum absolute atomic E-state index is 3.45. The first-order valence-electron chi connectivity index (χ1n) is 5.36. The molecule has 1 aliphatic carbocycles. The van der Waals surface area contributed by atoms with Crippen molar-refractivity contribution in [1.29, 1.82) is 0 Å². The van der Waals surface area contributed by atoms with Crippen LogP contribution >= 0.6 is 0 Å². The molecule has 0 fully saturated rings. The molecule has 0 atom stereocenters. The van der Waals surface area contributed by atoms with E-state index in [9.17, 15) is 0 Å². The zero-order valence-corrected chi connectivity index (χ0v) is 14.1. The third-order valence-electron chi connectivity index (χ3n) is 3.09. The zero-order valence-electron chi connectivity index (χ0n) is 11.6. The molecule has 0 unspecified atom stereocenters. The van der Waals surface area contributed by atoms with E-state index in [1.165, 1.54) is 33.4 Å². The smallest absolute Gasteiger partial charge is 0.358 e. The fourth-order valence-corrected chi connectivity index (χ4v) is 2.37. The van der Waals surface area contributed by atoms with Gasteiger partial charge in [-0.15, -0.1) is 11.1 Å². The van der Waals surface area contributed by atoms with Gasteiger partial charge in [0.1, 0.15) is 0 Å². The van der Waals surface area contributed by atoms with Crippen molar-refractivity contribution in [3.63, 3.8) is 0 Å². The van der Waals surface area contributed by atoms with Crippen molar-refractivity contribution in [2.24, 2.45) is 0 Å². The molecule has 0 spiro atoms. The van der Waals surface area contributed by atoms with Gasteiger partial charge in [-0.1, -0.05) is 36.2 Å². The van der Waals surface area contributed by atoms with Gasteiger partial charge in [0, 0.05) is 0 Å². The van der Waals surface area contributed by atoms with Crippen LogP contribution in [-0.4, -0.2) is 0 Å². The Kier molecular flexibility index (Phi) is 6.23. The molecule has 0 nitrogen and oxygen atoms in total. The summed E-state index contributed by atoms with van der Waals surface area (Å²) < 4.78 is 0. The van der Waals surface area contributed by atoms with Gasteiger partial charge < -0.3 is 14.9 Å². The molecule has 0 heterocycles. The minimum atomic E-state index is 0. The standard InChI is InChI=1S/C15H13.2CH3.Zr/c1-10-3-5-14-12(7-10)9-13-8-11(2)4-6-15(13)14;;;/h3-7H,9H2,1-2H3;2*1H3;/q3*-1;+3. The van der Waals surface area contributed by atoms with Crippen molar-refractivity contribution < 1.29 is 26.2 Å². The van der Waals surface area contributed by atoms with Crippen molar-refractivity contribution >= 4 is 0 Å². The average molecular weight is 315 g/mol. The molecule has 0 aliphatic heterocycles. The second kappa shape index (κ2) is 6.48. The minimum Gasteiger partial charge on any atom is -0.358 e. The van der Waals surface area contributed by atoms with Crippen LogP contribution in [0, 0.1) is 34.8 Å². The first kappa shape index (κ1) is 17.3. The molecule has 0 saturated carbocycles. The Morgan fingerprint density at radius 1 is 0.944 bits per heavy atom. The van der Waals surface area contributed by atoms with Crippen molar-refractivity contribution in [2.45, 2.75) is 20.3 Å². The SMILES string of the molecule is Cc1[c-]c2c(cc1)-c1ccc(C)cc1C2.[CH3-].[CH3-].[Zr+3]. The molecule has 1 heteroatoms. The molecule has 1 aliphatic rings. The molecule has 18 heavy (non-hydrogen) atoms. The monoisotopic (exact) mass is 313 g/mol. The molecule has 3 rings (SSSR count). The van der Waals surface area contributed by atoms with Gasteiger partial charge >= 0.3 is 26.2 Å². The summed E-state index contributed by atoms with van der Waals surface area (Å²) in [6.07, 6.45) is 1.05. The van der Waals surface area contributed by atoms with Crippen LogP contribution in [-0.2, 0) is 32.6 Å². The average Bonchev–Trinajstić information content (AvgIpc) is 2.53. The number of rotatable bonds is 0. The molecule has 0 saturated heterocycles. The van der Waals surface area contributed by atoms with Gasteiger partial charge in [0.2, 0.25) is 0 Å². The second-order valence-corrected chi connectivity index (χ2v) is 4.37. The Morgan fingerprint density at radius 3 is 2.33 bits per heavy atom.